The Morgan fingerprint density at radius 2 is 1.12 bits per heavy atom. The lowest BCUT2D eigenvalue weighted by molar-refractivity contribution is -0.125. The van der Waals surface area contributed by atoms with Crippen LogP contribution in [0.1, 0.15) is 39.5 Å². The van der Waals surface area contributed by atoms with E-state index in [2.05, 4.69) is 0 Å². The minimum Gasteiger partial charge on any atom is -0.369 e. The number of carbonyl (C=O) groups excluding carboxylic acids is 2. The Bertz CT molecular complexity index is 242. The summed E-state index contributed by atoms with van der Waals surface area (Å²) in [4.78, 5) is 22.1. The summed E-state index contributed by atoms with van der Waals surface area (Å²) in [5, 5.41) is 0. The zero-order chi connectivity index (χ0) is 12.3. The number of carbonyl (C=O) groups is 2. The van der Waals surface area contributed by atoms with Crippen LogP contribution in [0.3, 0.4) is 0 Å². The molecule has 1 rings (SSSR count). The first-order valence-electron chi connectivity index (χ1n) is 6.02. The zero-order valence-electron chi connectivity index (χ0n) is 10.1. The van der Waals surface area contributed by atoms with Crippen molar-refractivity contribution in [1.82, 2.24) is 0 Å². The van der Waals surface area contributed by atoms with Crippen molar-refractivity contribution < 1.29 is 9.59 Å². The summed E-state index contributed by atoms with van der Waals surface area (Å²) in [7, 11) is 0. The van der Waals surface area contributed by atoms with Crippen molar-refractivity contribution >= 4 is 11.8 Å². The van der Waals surface area contributed by atoms with Crippen LogP contribution in [0.5, 0.6) is 0 Å². The highest BCUT2D eigenvalue weighted by atomic mass is 16.1. The number of primary amides is 2. The standard InChI is InChI=1S/C12H22N2O2/c1-7(11(13)15)9-3-5-10(6-4-9)8(2)12(14)16/h7-10H,3-6H2,1-2H3,(H2,13,15)(H2,14,16). The molecule has 0 aromatic heterocycles. The minimum absolute atomic E-state index is 0.0511. The molecule has 2 amide bonds. The van der Waals surface area contributed by atoms with Crippen LogP contribution in [0.25, 0.3) is 0 Å². The first kappa shape index (κ1) is 13.0. The number of rotatable bonds is 4. The Morgan fingerprint density at radius 1 is 0.875 bits per heavy atom. The van der Waals surface area contributed by atoms with E-state index in [1.54, 1.807) is 0 Å². The molecule has 0 radical (unpaired) electrons. The fourth-order valence-electron chi connectivity index (χ4n) is 2.61. The number of hydrogen-bond donors (Lipinski definition) is 2. The van der Waals surface area contributed by atoms with Crippen LogP contribution >= 0.6 is 0 Å². The SMILES string of the molecule is CC(C(N)=O)C1CCC(C(C)C(N)=O)CC1. The van der Waals surface area contributed by atoms with Gasteiger partial charge in [0.2, 0.25) is 11.8 Å². The van der Waals surface area contributed by atoms with Gasteiger partial charge >= 0.3 is 0 Å². The van der Waals surface area contributed by atoms with Crippen molar-refractivity contribution in [3.05, 3.63) is 0 Å². The topological polar surface area (TPSA) is 86.2 Å². The van der Waals surface area contributed by atoms with Crippen molar-refractivity contribution in [2.75, 3.05) is 0 Å². The molecular formula is C12H22N2O2. The third-order valence-corrected chi connectivity index (χ3v) is 4.13. The molecule has 4 nitrogen and oxygen atoms in total. The molecule has 1 aliphatic rings. The smallest absolute Gasteiger partial charge is 0.220 e. The van der Waals surface area contributed by atoms with Crippen molar-refractivity contribution in [3.8, 4) is 0 Å². The maximum absolute atomic E-state index is 11.1. The van der Waals surface area contributed by atoms with Crippen molar-refractivity contribution in [3.63, 3.8) is 0 Å². The van der Waals surface area contributed by atoms with Crippen LogP contribution in [-0.2, 0) is 9.59 Å². The van der Waals surface area contributed by atoms with E-state index in [9.17, 15) is 9.59 Å². The molecule has 1 saturated carbocycles. The summed E-state index contributed by atoms with van der Waals surface area (Å²) >= 11 is 0. The van der Waals surface area contributed by atoms with Crippen LogP contribution in [0.2, 0.25) is 0 Å². The van der Waals surface area contributed by atoms with Crippen molar-refractivity contribution in [2.45, 2.75) is 39.5 Å². The highest BCUT2D eigenvalue weighted by molar-refractivity contribution is 5.77. The zero-order valence-corrected chi connectivity index (χ0v) is 10.1. The Morgan fingerprint density at radius 3 is 1.31 bits per heavy atom. The van der Waals surface area contributed by atoms with E-state index in [0.29, 0.717) is 11.8 Å². The summed E-state index contributed by atoms with van der Waals surface area (Å²) < 4.78 is 0. The van der Waals surface area contributed by atoms with Gasteiger partial charge in [0.15, 0.2) is 0 Å². The van der Waals surface area contributed by atoms with Gasteiger partial charge < -0.3 is 11.5 Å². The lowest BCUT2D eigenvalue weighted by Gasteiger charge is -2.33. The fraction of sp³-hybridized carbons (Fsp3) is 0.833. The van der Waals surface area contributed by atoms with Gasteiger partial charge in [-0.05, 0) is 37.5 Å². The maximum atomic E-state index is 11.1. The van der Waals surface area contributed by atoms with Crippen LogP contribution in [0.15, 0.2) is 0 Å². The van der Waals surface area contributed by atoms with Gasteiger partial charge in [0.05, 0.1) is 0 Å². The molecule has 16 heavy (non-hydrogen) atoms. The summed E-state index contributed by atoms with van der Waals surface area (Å²) in [6.45, 7) is 3.79. The molecule has 2 unspecified atom stereocenters. The molecule has 1 fully saturated rings. The molecule has 4 heteroatoms. The van der Waals surface area contributed by atoms with E-state index in [0.717, 1.165) is 25.7 Å². The summed E-state index contributed by atoms with van der Waals surface area (Å²) in [5.41, 5.74) is 10.6. The molecule has 0 heterocycles. The number of nitrogens with two attached hydrogens (primary N) is 2. The second-order valence-electron chi connectivity index (χ2n) is 5.06. The first-order chi connectivity index (χ1) is 7.43. The molecule has 4 N–H and O–H groups in total. The normalized spacial score (nSPS) is 29.4. The average Bonchev–Trinajstić information content (AvgIpc) is 2.27. The molecule has 0 bridgehead atoms. The highest BCUT2D eigenvalue weighted by Crippen LogP contribution is 2.36. The molecule has 0 aromatic carbocycles. The van der Waals surface area contributed by atoms with Gasteiger partial charge in [-0.3, -0.25) is 9.59 Å². The van der Waals surface area contributed by atoms with E-state index >= 15 is 0 Å². The molecule has 0 spiro atoms. The largest absolute Gasteiger partial charge is 0.369 e. The van der Waals surface area contributed by atoms with E-state index in [1.165, 1.54) is 0 Å². The van der Waals surface area contributed by atoms with Crippen LogP contribution in [0, 0.1) is 23.7 Å². The summed E-state index contributed by atoms with van der Waals surface area (Å²) in [6, 6.07) is 0. The molecule has 0 aliphatic heterocycles. The van der Waals surface area contributed by atoms with Gasteiger partial charge in [0.25, 0.3) is 0 Å². The predicted octanol–water partition coefficient (Wildman–Crippen LogP) is 1.04. The lowest BCUT2D eigenvalue weighted by Crippen LogP contribution is -2.34. The molecule has 1 aliphatic carbocycles. The van der Waals surface area contributed by atoms with E-state index in [-0.39, 0.29) is 23.7 Å². The van der Waals surface area contributed by atoms with Crippen LogP contribution < -0.4 is 11.5 Å². The summed E-state index contributed by atoms with van der Waals surface area (Å²) in [6.07, 6.45) is 3.91. The molecule has 92 valence electrons. The van der Waals surface area contributed by atoms with Gasteiger partial charge in [0.1, 0.15) is 0 Å². The second kappa shape index (κ2) is 5.32. The Labute approximate surface area is 96.8 Å². The van der Waals surface area contributed by atoms with Gasteiger partial charge in [-0.25, -0.2) is 0 Å². The first-order valence-corrected chi connectivity index (χ1v) is 6.02. The van der Waals surface area contributed by atoms with E-state index in [4.69, 9.17) is 11.5 Å². The summed E-state index contributed by atoms with van der Waals surface area (Å²) in [5.74, 6) is 0.232. The van der Waals surface area contributed by atoms with Gasteiger partial charge in [0, 0.05) is 11.8 Å². The van der Waals surface area contributed by atoms with Gasteiger partial charge in [-0.1, -0.05) is 13.8 Å². The van der Waals surface area contributed by atoms with Crippen LogP contribution in [-0.4, -0.2) is 11.8 Å². The maximum Gasteiger partial charge on any atom is 0.220 e. The molecule has 2 atom stereocenters. The Hall–Kier alpha value is -1.06. The van der Waals surface area contributed by atoms with Crippen molar-refractivity contribution in [1.29, 1.82) is 0 Å². The third-order valence-electron chi connectivity index (χ3n) is 4.13. The monoisotopic (exact) mass is 226 g/mol. The van der Waals surface area contributed by atoms with E-state index in [1.807, 2.05) is 13.8 Å². The number of hydrogen-bond acceptors (Lipinski definition) is 2. The van der Waals surface area contributed by atoms with E-state index < -0.39 is 0 Å². The Kier molecular flexibility index (Phi) is 4.33. The second-order valence-corrected chi connectivity index (χ2v) is 5.06. The predicted molar refractivity (Wildman–Crippen MR) is 62.2 cm³/mol. The van der Waals surface area contributed by atoms with Gasteiger partial charge in [-0.2, -0.15) is 0 Å². The molecular weight excluding hydrogens is 204 g/mol. The van der Waals surface area contributed by atoms with Crippen LogP contribution in [0.4, 0.5) is 0 Å². The molecule has 0 saturated heterocycles. The molecule has 0 aromatic rings. The average molecular weight is 226 g/mol. The fourth-order valence-corrected chi connectivity index (χ4v) is 2.61. The number of amides is 2. The minimum atomic E-state index is -0.216. The lowest BCUT2D eigenvalue weighted by atomic mass is 9.72. The highest BCUT2D eigenvalue weighted by Gasteiger charge is 2.31. The quantitative estimate of drug-likeness (QED) is 0.750. The van der Waals surface area contributed by atoms with Gasteiger partial charge in [-0.15, -0.1) is 0 Å². The Balaban J connectivity index is 2.45. The third kappa shape index (κ3) is 2.97. The van der Waals surface area contributed by atoms with Crippen molar-refractivity contribution in [2.24, 2.45) is 35.1 Å².